The Balaban J connectivity index is 1.47. The van der Waals surface area contributed by atoms with E-state index < -0.39 is 5.91 Å². The maximum absolute atomic E-state index is 12.5. The van der Waals surface area contributed by atoms with Gasteiger partial charge in [0.25, 0.3) is 5.91 Å². The van der Waals surface area contributed by atoms with E-state index in [1.807, 2.05) is 6.07 Å². The molecule has 10 nitrogen and oxygen atoms in total. The van der Waals surface area contributed by atoms with Gasteiger partial charge in [-0.2, -0.15) is 0 Å². The van der Waals surface area contributed by atoms with E-state index in [4.69, 9.17) is 9.47 Å². The van der Waals surface area contributed by atoms with E-state index in [2.05, 4.69) is 39.0 Å². The SMILES string of the molecule is COc1cccc(C(=O)NCC(=O)N2CCN(c3cc(OCC(C)C)ncn3)CC2)n1. The van der Waals surface area contributed by atoms with Gasteiger partial charge in [-0.05, 0) is 12.0 Å². The van der Waals surface area contributed by atoms with Gasteiger partial charge < -0.3 is 24.6 Å². The maximum atomic E-state index is 12.5. The quantitative estimate of drug-likeness (QED) is 0.663. The normalized spacial score (nSPS) is 13.8. The van der Waals surface area contributed by atoms with Crippen molar-refractivity contribution in [3.05, 3.63) is 36.3 Å². The molecule has 1 aliphatic heterocycles. The van der Waals surface area contributed by atoms with E-state index in [0.29, 0.717) is 50.5 Å². The highest BCUT2D eigenvalue weighted by molar-refractivity contribution is 5.95. The Hall–Kier alpha value is -3.43. The number of anilines is 1. The van der Waals surface area contributed by atoms with Crippen molar-refractivity contribution in [3.8, 4) is 11.8 Å². The lowest BCUT2D eigenvalue weighted by Crippen LogP contribution is -2.51. The number of hydrogen-bond donors (Lipinski definition) is 1. The number of nitrogens with one attached hydrogen (secondary N) is 1. The van der Waals surface area contributed by atoms with Crippen LogP contribution < -0.4 is 19.7 Å². The number of rotatable bonds is 8. The van der Waals surface area contributed by atoms with Gasteiger partial charge in [-0.15, -0.1) is 0 Å². The van der Waals surface area contributed by atoms with E-state index >= 15 is 0 Å². The summed E-state index contributed by atoms with van der Waals surface area (Å²) in [6.07, 6.45) is 1.49. The molecular formula is C21H28N6O4. The van der Waals surface area contributed by atoms with E-state index in [-0.39, 0.29) is 18.1 Å². The van der Waals surface area contributed by atoms with Crippen molar-refractivity contribution >= 4 is 17.6 Å². The largest absolute Gasteiger partial charge is 0.481 e. The number of nitrogens with zero attached hydrogens (tertiary/aromatic N) is 5. The first kappa shape index (κ1) is 22.3. The van der Waals surface area contributed by atoms with Crippen LogP contribution in [0, 0.1) is 5.92 Å². The van der Waals surface area contributed by atoms with Crippen LogP contribution in [0.1, 0.15) is 24.3 Å². The van der Waals surface area contributed by atoms with Crippen LogP contribution in [-0.4, -0.2) is 78.1 Å². The van der Waals surface area contributed by atoms with Crippen LogP contribution in [0.2, 0.25) is 0 Å². The summed E-state index contributed by atoms with van der Waals surface area (Å²) in [5.74, 6) is 1.52. The molecule has 3 heterocycles. The van der Waals surface area contributed by atoms with Gasteiger partial charge in [-0.3, -0.25) is 9.59 Å². The molecular weight excluding hydrogens is 400 g/mol. The first-order chi connectivity index (χ1) is 15.0. The van der Waals surface area contributed by atoms with Gasteiger partial charge in [0.05, 0.1) is 20.3 Å². The van der Waals surface area contributed by atoms with Gasteiger partial charge in [0.1, 0.15) is 17.8 Å². The fourth-order valence-electron chi connectivity index (χ4n) is 3.03. The van der Waals surface area contributed by atoms with Crippen LogP contribution in [0.25, 0.3) is 0 Å². The third-order valence-corrected chi connectivity index (χ3v) is 4.71. The van der Waals surface area contributed by atoms with E-state index in [1.54, 1.807) is 23.1 Å². The fourth-order valence-corrected chi connectivity index (χ4v) is 3.03. The molecule has 2 aromatic rings. The average molecular weight is 428 g/mol. The summed E-state index contributed by atoms with van der Waals surface area (Å²) in [7, 11) is 1.48. The standard InChI is InChI=1S/C21H28N6O4/c1-15(2)13-31-19-11-17(23-14-24-19)26-7-9-27(10-8-26)20(28)12-22-21(29)16-5-4-6-18(25-16)30-3/h4-6,11,14-15H,7-10,12-13H2,1-3H3,(H,22,29). The number of amides is 2. The fraction of sp³-hybridized carbons (Fsp3) is 0.476. The average Bonchev–Trinajstić information content (AvgIpc) is 2.81. The zero-order chi connectivity index (χ0) is 22.2. The molecule has 0 spiro atoms. The van der Waals surface area contributed by atoms with Crippen molar-refractivity contribution in [2.75, 3.05) is 51.3 Å². The lowest BCUT2D eigenvalue weighted by atomic mass is 10.2. The number of carbonyl (C=O) groups is 2. The minimum Gasteiger partial charge on any atom is -0.481 e. The zero-order valence-corrected chi connectivity index (χ0v) is 18.1. The highest BCUT2D eigenvalue weighted by Crippen LogP contribution is 2.18. The number of piperazine rings is 1. The second-order valence-corrected chi connectivity index (χ2v) is 7.53. The van der Waals surface area contributed by atoms with E-state index in [1.165, 1.54) is 13.4 Å². The maximum Gasteiger partial charge on any atom is 0.270 e. The molecule has 0 radical (unpaired) electrons. The molecule has 0 aromatic carbocycles. The summed E-state index contributed by atoms with van der Waals surface area (Å²) in [4.78, 5) is 41.1. The monoisotopic (exact) mass is 428 g/mol. The Morgan fingerprint density at radius 2 is 1.90 bits per heavy atom. The molecule has 166 valence electrons. The Bertz CT molecular complexity index is 899. The van der Waals surface area contributed by atoms with Gasteiger partial charge in [-0.25, -0.2) is 15.0 Å². The summed E-state index contributed by atoms with van der Waals surface area (Å²) in [6.45, 7) is 7.02. The number of hydrogen-bond acceptors (Lipinski definition) is 8. The molecule has 2 aromatic heterocycles. The Morgan fingerprint density at radius 3 is 2.61 bits per heavy atom. The first-order valence-electron chi connectivity index (χ1n) is 10.2. The van der Waals surface area contributed by atoms with Gasteiger partial charge in [0.15, 0.2) is 0 Å². The number of aromatic nitrogens is 3. The van der Waals surface area contributed by atoms with Crippen molar-refractivity contribution < 1.29 is 19.1 Å². The molecule has 0 unspecified atom stereocenters. The molecule has 3 rings (SSSR count). The number of carbonyl (C=O) groups excluding carboxylic acids is 2. The highest BCUT2D eigenvalue weighted by atomic mass is 16.5. The van der Waals surface area contributed by atoms with Crippen molar-refractivity contribution in [1.82, 2.24) is 25.2 Å². The van der Waals surface area contributed by atoms with Gasteiger partial charge in [-0.1, -0.05) is 19.9 Å². The van der Waals surface area contributed by atoms with Crippen LogP contribution in [0.5, 0.6) is 11.8 Å². The van der Waals surface area contributed by atoms with E-state index in [9.17, 15) is 9.59 Å². The predicted molar refractivity (Wildman–Crippen MR) is 114 cm³/mol. The number of methoxy groups -OCH3 is 1. The molecule has 1 saturated heterocycles. The van der Waals surface area contributed by atoms with Crippen LogP contribution in [-0.2, 0) is 4.79 Å². The Morgan fingerprint density at radius 1 is 1.13 bits per heavy atom. The smallest absolute Gasteiger partial charge is 0.270 e. The van der Waals surface area contributed by atoms with Crippen LogP contribution in [0.4, 0.5) is 5.82 Å². The Labute approximate surface area is 181 Å². The molecule has 10 heteroatoms. The predicted octanol–water partition coefficient (Wildman–Crippen LogP) is 0.994. The summed E-state index contributed by atoms with van der Waals surface area (Å²) in [5.41, 5.74) is 0.205. The van der Waals surface area contributed by atoms with Crippen LogP contribution in [0.15, 0.2) is 30.6 Å². The topological polar surface area (TPSA) is 110 Å². The molecule has 0 saturated carbocycles. The van der Waals surface area contributed by atoms with Crippen molar-refractivity contribution in [2.24, 2.45) is 5.92 Å². The van der Waals surface area contributed by atoms with Crippen molar-refractivity contribution in [1.29, 1.82) is 0 Å². The highest BCUT2D eigenvalue weighted by Gasteiger charge is 2.23. The molecule has 31 heavy (non-hydrogen) atoms. The van der Waals surface area contributed by atoms with Gasteiger partial charge in [0, 0.05) is 38.3 Å². The second kappa shape index (κ2) is 10.6. The second-order valence-electron chi connectivity index (χ2n) is 7.53. The third kappa shape index (κ3) is 6.27. The van der Waals surface area contributed by atoms with E-state index in [0.717, 1.165) is 5.82 Å². The molecule has 0 aliphatic carbocycles. The molecule has 2 amide bonds. The minimum absolute atomic E-state index is 0.0849. The lowest BCUT2D eigenvalue weighted by Gasteiger charge is -2.35. The molecule has 1 aliphatic rings. The molecule has 1 fully saturated rings. The number of pyridine rings is 1. The van der Waals surface area contributed by atoms with Crippen molar-refractivity contribution in [3.63, 3.8) is 0 Å². The van der Waals surface area contributed by atoms with Gasteiger partial charge >= 0.3 is 0 Å². The molecule has 1 N–H and O–H groups in total. The molecule has 0 atom stereocenters. The van der Waals surface area contributed by atoms with Crippen molar-refractivity contribution in [2.45, 2.75) is 13.8 Å². The summed E-state index contributed by atoms with van der Waals surface area (Å²) in [5, 5.41) is 2.62. The van der Waals surface area contributed by atoms with Crippen LogP contribution >= 0.6 is 0 Å². The molecule has 0 bridgehead atoms. The lowest BCUT2D eigenvalue weighted by molar-refractivity contribution is -0.130. The zero-order valence-electron chi connectivity index (χ0n) is 18.1. The Kier molecular flexibility index (Phi) is 7.58. The summed E-state index contributed by atoms with van der Waals surface area (Å²) in [6, 6.07) is 6.72. The van der Waals surface area contributed by atoms with Crippen LogP contribution in [0.3, 0.4) is 0 Å². The van der Waals surface area contributed by atoms with Gasteiger partial charge in [0.2, 0.25) is 17.7 Å². The first-order valence-corrected chi connectivity index (χ1v) is 10.2. The summed E-state index contributed by atoms with van der Waals surface area (Å²) >= 11 is 0. The third-order valence-electron chi connectivity index (χ3n) is 4.71. The summed E-state index contributed by atoms with van der Waals surface area (Å²) < 4.78 is 10.7. The number of ether oxygens (including phenoxy) is 2. The minimum atomic E-state index is -0.416.